The van der Waals surface area contributed by atoms with E-state index in [1.165, 1.54) is 5.56 Å². The summed E-state index contributed by atoms with van der Waals surface area (Å²) >= 11 is 0. The highest BCUT2D eigenvalue weighted by Gasteiger charge is 2.04. The second-order valence-corrected chi connectivity index (χ2v) is 4.07. The highest BCUT2D eigenvalue weighted by molar-refractivity contribution is 5.30. The molecule has 0 spiro atoms. The fraction of sp³-hybridized carbons (Fsp3) is 0.500. The molecule has 1 atom stereocenters. The van der Waals surface area contributed by atoms with E-state index in [0.29, 0.717) is 12.5 Å². The Morgan fingerprint density at radius 2 is 2.24 bits per heavy atom. The smallest absolute Gasteiger partial charge is 0.119 e. The number of ether oxygens (including phenoxy) is 1. The Morgan fingerprint density at radius 1 is 1.41 bits per heavy atom. The molecule has 0 aliphatic rings. The van der Waals surface area contributed by atoms with E-state index in [1.807, 2.05) is 18.2 Å². The van der Waals surface area contributed by atoms with E-state index in [2.05, 4.69) is 24.4 Å². The van der Waals surface area contributed by atoms with E-state index in [1.54, 1.807) is 7.11 Å². The normalized spacial score (nSPS) is 11.8. The van der Waals surface area contributed by atoms with Crippen LogP contribution in [-0.4, -0.2) is 13.7 Å². The molecule has 0 aromatic heterocycles. The number of nitrogens with zero attached hydrogens (tertiary/aromatic N) is 1. The van der Waals surface area contributed by atoms with Crippen LogP contribution in [0.2, 0.25) is 0 Å². The summed E-state index contributed by atoms with van der Waals surface area (Å²) in [6, 6.07) is 10.6. The monoisotopic (exact) mass is 232 g/mol. The topological polar surface area (TPSA) is 45.0 Å². The molecule has 0 aliphatic carbocycles. The number of hydrogen-bond acceptors (Lipinski definition) is 3. The number of hydrogen-bond donors (Lipinski definition) is 1. The molecule has 3 heteroatoms. The minimum atomic E-state index is 0.312. The van der Waals surface area contributed by atoms with E-state index in [-0.39, 0.29) is 0 Å². The quantitative estimate of drug-likeness (QED) is 0.735. The van der Waals surface area contributed by atoms with Crippen molar-refractivity contribution in [2.75, 3.05) is 13.7 Å². The van der Waals surface area contributed by atoms with Gasteiger partial charge < -0.3 is 10.1 Å². The summed E-state index contributed by atoms with van der Waals surface area (Å²) in [7, 11) is 1.68. The van der Waals surface area contributed by atoms with Crippen LogP contribution in [0.1, 0.15) is 37.8 Å². The standard InChI is InChI=1S/C14H20N2O/c1-12(16-10-5-3-4-9-15)13-7-6-8-14(11-13)17-2/h6-8,11-12,16H,3-5,10H2,1-2H3/t12-/m1/s1. The Morgan fingerprint density at radius 3 is 2.94 bits per heavy atom. The van der Waals surface area contributed by atoms with Gasteiger partial charge in [0.15, 0.2) is 0 Å². The van der Waals surface area contributed by atoms with E-state index in [9.17, 15) is 0 Å². The summed E-state index contributed by atoms with van der Waals surface area (Å²) in [6.07, 6.45) is 2.66. The van der Waals surface area contributed by atoms with E-state index in [4.69, 9.17) is 10.00 Å². The lowest BCUT2D eigenvalue weighted by Crippen LogP contribution is -2.19. The highest BCUT2D eigenvalue weighted by atomic mass is 16.5. The van der Waals surface area contributed by atoms with Crippen LogP contribution < -0.4 is 10.1 Å². The molecule has 0 radical (unpaired) electrons. The minimum Gasteiger partial charge on any atom is -0.497 e. The average molecular weight is 232 g/mol. The Kier molecular flexibility index (Phi) is 6.13. The summed E-state index contributed by atoms with van der Waals surface area (Å²) in [5.41, 5.74) is 1.23. The van der Waals surface area contributed by atoms with Gasteiger partial charge in [-0.25, -0.2) is 0 Å². The molecule has 0 saturated heterocycles. The molecule has 17 heavy (non-hydrogen) atoms. The van der Waals surface area contributed by atoms with E-state index >= 15 is 0 Å². The fourth-order valence-electron chi connectivity index (χ4n) is 1.68. The van der Waals surface area contributed by atoms with Gasteiger partial charge in [0.05, 0.1) is 13.2 Å². The third-order valence-corrected chi connectivity index (χ3v) is 2.76. The zero-order valence-electron chi connectivity index (χ0n) is 10.6. The molecule has 0 unspecified atom stereocenters. The predicted molar refractivity (Wildman–Crippen MR) is 68.9 cm³/mol. The SMILES string of the molecule is COc1cccc([C@@H](C)NCCCCC#N)c1. The first-order valence-corrected chi connectivity index (χ1v) is 6.02. The molecule has 3 nitrogen and oxygen atoms in total. The molecule has 1 aromatic carbocycles. The molecule has 0 amide bonds. The van der Waals surface area contributed by atoms with Gasteiger partial charge in [-0.1, -0.05) is 12.1 Å². The summed E-state index contributed by atoms with van der Waals surface area (Å²) < 4.78 is 5.20. The highest BCUT2D eigenvalue weighted by Crippen LogP contribution is 2.18. The van der Waals surface area contributed by atoms with Gasteiger partial charge in [-0.2, -0.15) is 5.26 Å². The van der Waals surface area contributed by atoms with Gasteiger partial charge in [-0.05, 0) is 44.0 Å². The van der Waals surface area contributed by atoms with E-state index in [0.717, 1.165) is 25.1 Å². The van der Waals surface area contributed by atoms with Crippen LogP contribution in [0, 0.1) is 11.3 Å². The second-order valence-electron chi connectivity index (χ2n) is 4.07. The first-order chi connectivity index (χ1) is 8.27. The van der Waals surface area contributed by atoms with Crippen LogP contribution in [0.5, 0.6) is 5.75 Å². The van der Waals surface area contributed by atoms with Gasteiger partial charge in [-0.3, -0.25) is 0 Å². The number of rotatable bonds is 7. The molecule has 0 bridgehead atoms. The van der Waals surface area contributed by atoms with Gasteiger partial charge in [0.1, 0.15) is 5.75 Å². The predicted octanol–water partition coefficient (Wildman–Crippen LogP) is 3.04. The van der Waals surface area contributed by atoms with Gasteiger partial charge in [-0.15, -0.1) is 0 Å². The summed E-state index contributed by atoms with van der Waals surface area (Å²) in [4.78, 5) is 0. The Bertz CT molecular complexity index is 371. The molecule has 0 saturated carbocycles. The van der Waals surface area contributed by atoms with Crippen LogP contribution in [-0.2, 0) is 0 Å². The van der Waals surface area contributed by atoms with Crippen LogP contribution in [0.3, 0.4) is 0 Å². The minimum absolute atomic E-state index is 0.312. The molecule has 1 N–H and O–H groups in total. The molecule has 0 fully saturated rings. The number of nitriles is 1. The average Bonchev–Trinajstić information content (AvgIpc) is 2.38. The lowest BCUT2D eigenvalue weighted by molar-refractivity contribution is 0.413. The van der Waals surface area contributed by atoms with Crippen molar-refractivity contribution in [3.63, 3.8) is 0 Å². The van der Waals surface area contributed by atoms with Crippen LogP contribution in [0.4, 0.5) is 0 Å². The molecule has 1 rings (SSSR count). The Balaban J connectivity index is 2.36. The van der Waals surface area contributed by atoms with Crippen molar-refractivity contribution in [2.24, 2.45) is 0 Å². The molecule has 0 aliphatic heterocycles. The maximum Gasteiger partial charge on any atom is 0.119 e. The maximum absolute atomic E-state index is 8.43. The van der Waals surface area contributed by atoms with Crippen molar-refractivity contribution in [2.45, 2.75) is 32.2 Å². The zero-order chi connectivity index (χ0) is 12.5. The van der Waals surface area contributed by atoms with Crippen molar-refractivity contribution < 1.29 is 4.74 Å². The first-order valence-electron chi connectivity index (χ1n) is 6.02. The number of methoxy groups -OCH3 is 1. The van der Waals surface area contributed by atoms with Crippen LogP contribution >= 0.6 is 0 Å². The number of nitrogens with one attached hydrogen (secondary N) is 1. The van der Waals surface area contributed by atoms with Crippen molar-refractivity contribution in [1.29, 1.82) is 5.26 Å². The van der Waals surface area contributed by atoms with E-state index < -0.39 is 0 Å². The van der Waals surface area contributed by atoms with Crippen molar-refractivity contribution >= 4 is 0 Å². The molecule has 92 valence electrons. The molecule has 0 heterocycles. The lowest BCUT2D eigenvalue weighted by Gasteiger charge is -2.14. The molecular formula is C14H20N2O. The summed E-state index contributed by atoms with van der Waals surface area (Å²) in [5.74, 6) is 0.889. The third kappa shape index (κ3) is 4.88. The first kappa shape index (κ1) is 13.5. The summed E-state index contributed by atoms with van der Waals surface area (Å²) in [5, 5.41) is 11.9. The van der Waals surface area contributed by atoms with Gasteiger partial charge in [0.25, 0.3) is 0 Å². The largest absolute Gasteiger partial charge is 0.497 e. The van der Waals surface area contributed by atoms with Gasteiger partial charge in [0, 0.05) is 12.5 Å². The van der Waals surface area contributed by atoms with Crippen molar-refractivity contribution in [1.82, 2.24) is 5.32 Å². The second kappa shape index (κ2) is 7.70. The molecular weight excluding hydrogens is 212 g/mol. The third-order valence-electron chi connectivity index (χ3n) is 2.76. The lowest BCUT2D eigenvalue weighted by atomic mass is 10.1. The number of benzene rings is 1. The van der Waals surface area contributed by atoms with Gasteiger partial charge in [0.2, 0.25) is 0 Å². The Hall–Kier alpha value is -1.53. The number of unbranched alkanes of at least 4 members (excludes halogenated alkanes) is 2. The molecule has 1 aromatic rings. The van der Waals surface area contributed by atoms with Crippen LogP contribution in [0.25, 0.3) is 0 Å². The Labute approximate surface area is 103 Å². The van der Waals surface area contributed by atoms with Gasteiger partial charge >= 0.3 is 0 Å². The van der Waals surface area contributed by atoms with Crippen molar-refractivity contribution in [3.8, 4) is 11.8 Å². The van der Waals surface area contributed by atoms with Crippen LogP contribution in [0.15, 0.2) is 24.3 Å². The van der Waals surface area contributed by atoms with Crippen molar-refractivity contribution in [3.05, 3.63) is 29.8 Å². The maximum atomic E-state index is 8.43. The zero-order valence-corrected chi connectivity index (χ0v) is 10.6. The fourth-order valence-corrected chi connectivity index (χ4v) is 1.68. The summed E-state index contributed by atoms with van der Waals surface area (Å²) in [6.45, 7) is 3.08.